The van der Waals surface area contributed by atoms with Gasteiger partial charge in [0.25, 0.3) is 0 Å². The van der Waals surface area contributed by atoms with Gasteiger partial charge in [-0.25, -0.2) is 33.9 Å². The van der Waals surface area contributed by atoms with Crippen molar-refractivity contribution in [2.75, 3.05) is 19.0 Å². The first kappa shape index (κ1) is 29.6. The number of thiazole rings is 1. The summed E-state index contributed by atoms with van der Waals surface area (Å²) in [6.07, 6.45) is 0.678. The summed E-state index contributed by atoms with van der Waals surface area (Å²) in [7, 11) is 1.25. The number of aromatic nitrogens is 4. The van der Waals surface area contributed by atoms with Crippen LogP contribution in [0.5, 0.6) is 11.6 Å². The second-order valence-electron chi connectivity index (χ2n) is 9.57. The van der Waals surface area contributed by atoms with E-state index in [0.717, 1.165) is 11.1 Å². The molecule has 0 bridgehead atoms. The van der Waals surface area contributed by atoms with E-state index in [4.69, 9.17) is 14.2 Å². The maximum atomic E-state index is 15.1. The van der Waals surface area contributed by atoms with Crippen LogP contribution in [0.4, 0.5) is 14.9 Å². The molecule has 2 unspecified atom stereocenters. The molecule has 0 aliphatic rings. The minimum absolute atomic E-state index is 0.00362. The lowest BCUT2D eigenvalue weighted by molar-refractivity contribution is 0.0402. The largest absolute Gasteiger partial charge is 0.484 e. The number of halogens is 1. The lowest BCUT2D eigenvalue weighted by Gasteiger charge is -2.22. The number of ether oxygens (including phenoxy) is 4. The summed E-state index contributed by atoms with van der Waals surface area (Å²) in [5.41, 5.74) is 3.99. The molecule has 2 aromatic carbocycles. The average molecular weight is 606 g/mol. The number of nitrogens with zero attached hydrogens (tertiary/aromatic N) is 4. The van der Waals surface area contributed by atoms with Crippen LogP contribution < -0.4 is 14.8 Å². The summed E-state index contributed by atoms with van der Waals surface area (Å²) in [5.74, 6) is -0.748. The third-order valence-corrected chi connectivity index (χ3v) is 7.46. The Morgan fingerprint density at radius 3 is 2.56 bits per heavy atom. The number of esters is 1. The number of hydrogen-bond acceptors (Lipinski definition) is 11. The fourth-order valence-corrected chi connectivity index (χ4v) is 5.16. The summed E-state index contributed by atoms with van der Waals surface area (Å²) in [5, 5.41) is 3.19. The van der Waals surface area contributed by atoms with Gasteiger partial charge in [-0.2, -0.15) is 0 Å². The predicted octanol–water partition coefficient (Wildman–Crippen LogP) is 6.34. The van der Waals surface area contributed by atoms with Crippen LogP contribution in [-0.4, -0.2) is 57.9 Å². The Balaban J connectivity index is 1.30. The van der Waals surface area contributed by atoms with E-state index >= 15 is 4.39 Å². The van der Waals surface area contributed by atoms with Gasteiger partial charge in [-0.1, -0.05) is 0 Å². The normalized spacial score (nSPS) is 12.5. The molecule has 0 aliphatic heterocycles. The van der Waals surface area contributed by atoms with Gasteiger partial charge in [0.05, 0.1) is 53.0 Å². The molecule has 11 nitrogen and oxygen atoms in total. The third kappa shape index (κ3) is 6.61. The van der Waals surface area contributed by atoms with E-state index in [1.165, 1.54) is 42.8 Å². The highest BCUT2D eigenvalue weighted by atomic mass is 32.1. The number of rotatable bonds is 9. The fraction of sp³-hybridized carbons (Fsp3) is 0.267. The molecule has 13 heteroatoms. The summed E-state index contributed by atoms with van der Waals surface area (Å²) in [6.45, 7) is 7.62. The van der Waals surface area contributed by atoms with Gasteiger partial charge in [0.15, 0.2) is 11.6 Å². The number of carbonyl (C=O) groups excluding carboxylic acids is 2. The molecule has 0 radical (unpaired) electrons. The molecule has 222 valence electrons. The van der Waals surface area contributed by atoms with E-state index < -0.39 is 30.1 Å². The van der Waals surface area contributed by atoms with E-state index in [2.05, 4.69) is 30.0 Å². The van der Waals surface area contributed by atoms with Gasteiger partial charge in [-0.15, -0.1) is 11.3 Å². The van der Waals surface area contributed by atoms with Crippen LogP contribution in [0, 0.1) is 12.7 Å². The zero-order chi connectivity index (χ0) is 30.7. The minimum Gasteiger partial charge on any atom is -0.484 e. The van der Waals surface area contributed by atoms with E-state index in [0.29, 0.717) is 44.4 Å². The molecule has 43 heavy (non-hydrogen) atoms. The highest BCUT2D eigenvalue weighted by Crippen LogP contribution is 2.37. The second kappa shape index (κ2) is 12.5. The van der Waals surface area contributed by atoms with E-state index in [1.54, 1.807) is 26.1 Å². The summed E-state index contributed by atoms with van der Waals surface area (Å²) in [4.78, 5) is 41.6. The molecule has 5 aromatic rings. The number of pyridine rings is 1. The highest BCUT2D eigenvalue weighted by Gasteiger charge is 2.22. The Morgan fingerprint density at radius 2 is 1.84 bits per heavy atom. The lowest BCUT2D eigenvalue weighted by atomic mass is 10.1. The Labute approximate surface area is 250 Å². The van der Waals surface area contributed by atoms with Crippen molar-refractivity contribution in [2.24, 2.45) is 0 Å². The zero-order valence-corrected chi connectivity index (χ0v) is 24.8. The molecule has 0 saturated heterocycles. The van der Waals surface area contributed by atoms with Gasteiger partial charge in [0.1, 0.15) is 22.9 Å². The topological polar surface area (TPSA) is 135 Å². The van der Waals surface area contributed by atoms with Crippen LogP contribution in [0.3, 0.4) is 0 Å². The molecular weight excluding hydrogens is 577 g/mol. The Kier molecular flexibility index (Phi) is 8.62. The van der Waals surface area contributed by atoms with Crippen LogP contribution in [-0.2, 0) is 9.47 Å². The molecular formula is C30H28FN5O6S. The number of methoxy groups -OCH3 is 1. The molecule has 0 aliphatic carbocycles. The van der Waals surface area contributed by atoms with Crippen LogP contribution in [0.1, 0.15) is 36.8 Å². The summed E-state index contributed by atoms with van der Waals surface area (Å²) in [6, 6.07) is 9.70. The zero-order valence-electron chi connectivity index (χ0n) is 24.0. The van der Waals surface area contributed by atoms with E-state index in [-0.39, 0.29) is 11.4 Å². The average Bonchev–Trinajstić information content (AvgIpc) is 3.39. The Hall–Kier alpha value is -4.91. The highest BCUT2D eigenvalue weighted by molar-refractivity contribution is 7.21. The second-order valence-corrected chi connectivity index (χ2v) is 10.6. The molecule has 3 heterocycles. The number of carbonyl (C=O) groups is 2. The van der Waals surface area contributed by atoms with Crippen molar-refractivity contribution in [2.45, 2.75) is 39.9 Å². The smallest absolute Gasteiger partial charge is 0.412 e. The predicted molar refractivity (Wildman–Crippen MR) is 159 cm³/mol. The van der Waals surface area contributed by atoms with Crippen molar-refractivity contribution in [1.29, 1.82) is 0 Å². The number of anilines is 1. The monoisotopic (exact) mass is 605 g/mol. The van der Waals surface area contributed by atoms with E-state index in [1.807, 2.05) is 26.0 Å². The van der Waals surface area contributed by atoms with Gasteiger partial charge < -0.3 is 18.9 Å². The van der Waals surface area contributed by atoms with Crippen molar-refractivity contribution in [3.63, 3.8) is 0 Å². The number of benzene rings is 2. The summed E-state index contributed by atoms with van der Waals surface area (Å²) >= 11 is 1.38. The summed E-state index contributed by atoms with van der Waals surface area (Å²) < 4.78 is 37.2. The molecule has 3 aromatic heterocycles. The third-order valence-electron chi connectivity index (χ3n) is 6.40. The first-order chi connectivity index (χ1) is 20.6. The maximum absolute atomic E-state index is 15.1. The van der Waals surface area contributed by atoms with E-state index in [9.17, 15) is 9.59 Å². The molecule has 1 amide bonds. The van der Waals surface area contributed by atoms with Crippen LogP contribution >= 0.6 is 11.3 Å². The maximum Gasteiger partial charge on any atom is 0.412 e. The number of amides is 1. The number of nitrogens with one attached hydrogen (secondary N) is 1. The Bertz CT molecular complexity index is 1810. The van der Waals surface area contributed by atoms with Crippen molar-refractivity contribution in [3.05, 3.63) is 65.9 Å². The SMILES string of the molecule is CCOc1cnc2c(-c3nc4cc(F)c(OC(C)C(C)OC(=O)Nc5ccc(C(=O)OC)nc5)cc4s3)cc(C)cc2n1. The van der Waals surface area contributed by atoms with Gasteiger partial charge in [0.2, 0.25) is 5.88 Å². The standard InChI is InChI=1S/C30H28FN5O6S/c1-6-40-26-14-33-27-19(9-15(2)10-23(27)35-26)28-36-22-11-20(31)24(12-25(22)43-28)41-16(3)17(4)42-30(38)34-18-7-8-21(32-13-18)29(37)39-5/h7-14,16-17H,6H2,1-5H3,(H,34,38). The molecule has 1 N–H and O–H groups in total. The number of aryl methyl sites for hydroxylation is 1. The van der Waals surface area contributed by atoms with Crippen LogP contribution in [0.2, 0.25) is 0 Å². The minimum atomic E-state index is -0.763. The van der Waals surface area contributed by atoms with Crippen molar-refractivity contribution < 1.29 is 32.9 Å². The van der Waals surface area contributed by atoms with Crippen molar-refractivity contribution in [1.82, 2.24) is 19.9 Å². The first-order valence-electron chi connectivity index (χ1n) is 13.3. The van der Waals surface area contributed by atoms with Crippen LogP contribution in [0.25, 0.3) is 31.8 Å². The molecule has 2 atom stereocenters. The molecule has 0 fully saturated rings. The lowest BCUT2D eigenvalue weighted by Crippen LogP contribution is -2.32. The fourth-order valence-electron chi connectivity index (χ4n) is 4.16. The van der Waals surface area contributed by atoms with Crippen LogP contribution in [0.15, 0.2) is 48.8 Å². The molecule has 0 saturated carbocycles. The van der Waals surface area contributed by atoms with Gasteiger partial charge in [0, 0.05) is 17.7 Å². The van der Waals surface area contributed by atoms with Gasteiger partial charge in [-0.05, 0) is 57.5 Å². The molecule has 0 spiro atoms. The van der Waals surface area contributed by atoms with Crippen molar-refractivity contribution in [3.8, 4) is 22.2 Å². The van der Waals surface area contributed by atoms with Crippen molar-refractivity contribution >= 4 is 50.3 Å². The quantitative estimate of drug-likeness (QED) is 0.190. The first-order valence-corrected chi connectivity index (χ1v) is 14.2. The Morgan fingerprint density at radius 1 is 1.02 bits per heavy atom. The molecule has 5 rings (SSSR count). The van der Waals surface area contributed by atoms with Gasteiger partial charge in [-0.3, -0.25) is 5.32 Å². The number of hydrogen-bond donors (Lipinski definition) is 1. The van der Waals surface area contributed by atoms with Gasteiger partial charge >= 0.3 is 12.1 Å². The number of fused-ring (bicyclic) bond motifs is 2.